The Balaban J connectivity index is 1.01. The van der Waals surface area contributed by atoms with Crippen LogP contribution in [-0.4, -0.2) is 75.7 Å². The molecule has 7 nitrogen and oxygen atoms in total. The molecule has 3 heterocycles. The zero-order valence-corrected chi connectivity index (χ0v) is 21.9. The molecule has 5 aliphatic carbocycles. The number of rotatable bonds is 5. The molecule has 8 rings (SSSR count). The van der Waals surface area contributed by atoms with Gasteiger partial charge in [-0.1, -0.05) is 0 Å². The number of hydrogen-bond donors (Lipinski definition) is 0. The van der Waals surface area contributed by atoms with Crippen LogP contribution in [-0.2, 0) is 26.4 Å². The highest BCUT2D eigenvalue weighted by Gasteiger charge is 2.50. The number of hydrogen-bond acceptors (Lipinski definition) is 5. The normalized spacial score (nSPS) is 34.2. The van der Waals surface area contributed by atoms with Crippen molar-refractivity contribution in [1.82, 2.24) is 24.5 Å². The highest BCUT2D eigenvalue weighted by atomic mass is 16.3. The van der Waals surface area contributed by atoms with Gasteiger partial charge < -0.3 is 9.32 Å². The Bertz CT molecular complexity index is 1070. The van der Waals surface area contributed by atoms with Crippen molar-refractivity contribution in [3.8, 4) is 0 Å². The van der Waals surface area contributed by atoms with Crippen LogP contribution in [0.4, 0.5) is 0 Å². The largest absolute Gasteiger partial charge is 0.467 e. The molecule has 2 aromatic heterocycles. The summed E-state index contributed by atoms with van der Waals surface area (Å²) in [4.78, 5) is 20.7. The molecular formula is C29H41N5O2. The molecule has 4 saturated carbocycles. The maximum Gasteiger partial charge on any atom is 0.274 e. The van der Waals surface area contributed by atoms with Crippen molar-refractivity contribution in [2.45, 2.75) is 70.0 Å². The highest BCUT2D eigenvalue weighted by Crippen LogP contribution is 2.55. The maximum absolute atomic E-state index is 13.4. The quantitative estimate of drug-likeness (QED) is 0.640. The van der Waals surface area contributed by atoms with Crippen molar-refractivity contribution in [3.63, 3.8) is 0 Å². The van der Waals surface area contributed by atoms with Crippen LogP contribution in [0, 0.1) is 23.7 Å². The van der Waals surface area contributed by atoms with E-state index in [-0.39, 0.29) is 5.91 Å². The van der Waals surface area contributed by atoms with E-state index in [1.165, 1.54) is 76.0 Å². The summed E-state index contributed by atoms with van der Waals surface area (Å²) in [6.45, 7) is 5.25. The standard InChI is InChI=1S/C29H41N5O2/c1-31(18-24-4-3-11-36-24)29(35)27-25-17-23(5-6-26(25)32(2)30-27)33-7-9-34(10-8-33)28-21-13-19-12-20(15-21)16-22(28)14-19/h3-4,11,19-23,28H,5-10,12-18H2,1-2H3/t19?,20?,21?,22?,23-,28?/m1/s1. The predicted molar refractivity (Wildman–Crippen MR) is 138 cm³/mol. The van der Waals surface area contributed by atoms with E-state index in [0.29, 0.717) is 18.3 Å². The van der Waals surface area contributed by atoms with Gasteiger partial charge in [-0.15, -0.1) is 0 Å². The van der Waals surface area contributed by atoms with Gasteiger partial charge in [0.15, 0.2) is 5.69 Å². The van der Waals surface area contributed by atoms with Gasteiger partial charge in [0, 0.05) is 63.6 Å². The number of furan rings is 1. The lowest BCUT2D eigenvalue weighted by molar-refractivity contribution is -0.0794. The number of aryl methyl sites for hydroxylation is 1. The summed E-state index contributed by atoms with van der Waals surface area (Å²) >= 11 is 0. The summed E-state index contributed by atoms with van der Waals surface area (Å²) in [5, 5.41) is 4.71. The van der Waals surface area contributed by atoms with Gasteiger partial charge in [0.1, 0.15) is 5.76 Å². The van der Waals surface area contributed by atoms with E-state index in [9.17, 15) is 4.79 Å². The van der Waals surface area contributed by atoms with E-state index in [4.69, 9.17) is 9.52 Å². The lowest BCUT2D eigenvalue weighted by Crippen LogP contribution is -2.61. The van der Waals surface area contributed by atoms with Crippen LogP contribution in [0.1, 0.15) is 66.0 Å². The third kappa shape index (κ3) is 3.94. The summed E-state index contributed by atoms with van der Waals surface area (Å²) < 4.78 is 7.41. The molecule has 2 aromatic rings. The third-order valence-electron chi connectivity index (χ3n) is 10.4. The number of fused-ring (bicyclic) bond motifs is 1. The zero-order valence-electron chi connectivity index (χ0n) is 21.9. The summed E-state index contributed by atoms with van der Waals surface area (Å²) in [6.07, 6.45) is 12.3. The van der Waals surface area contributed by atoms with Gasteiger partial charge in [-0.05, 0) is 87.2 Å². The second kappa shape index (κ2) is 9.02. The van der Waals surface area contributed by atoms with Gasteiger partial charge in [0.25, 0.3) is 5.91 Å². The van der Waals surface area contributed by atoms with E-state index >= 15 is 0 Å². The molecule has 1 aliphatic heterocycles. The van der Waals surface area contributed by atoms with Crippen molar-refractivity contribution in [2.75, 3.05) is 33.2 Å². The second-order valence-corrected chi connectivity index (χ2v) is 12.5. The zero-order chi connectivity index (χ0) is 24.4. The molecule has 1 amide bonds. The summed E-state index contributed by atoms with van der Waals surface area (Å²) in [6, 6.07) is 5.16. The fraction of sp³-hybridized carbons (Fsp3) is 0.724. The fourth-order valence-electron chi connectivity index (χ4n) is 9.04. The van der Waals surface area contributed by atoms with E-state index < -0.39 is 0 Å². The number of amides is 1. The molecule has 5 fully saturated rings. The Morgan fingerprint density at radius 1 is 1.06 bits per heavy atom. The first-order valence-electron chi connectivity index (χ1n) is 14.3. The van der Waals surface area contributed by atoms with Gasteiger partial charge in [-0.3, -0.25) is 19.3 Å². The smallest absolute Gasteiger partial charge is 0.274 e. The molecular weight excluding hydrogens is 450 g/mol. The topological polar surface area (TPSA) is 57.8 Å². The molecule has 1 saturated heterocycles. The molecule has 0 N–H and O–H groups in total. The van der Waals surface area contributed by atoms with Crippen molar-refractivity contribution in [2.24, 2.45) is 30.7 Å². The van der Waals surface area contributed by atoms with Crippen molar-refractivity contribution >= 4 is 5.91 Å². The van der Waals surface area contributed by atoms with Gasteiger partial charge >= 0.3 is 0 Å². The Hall–Kier alpha value is -2.12. The predicted octanol–water partition coefficient (Wildman–Crippen LogP) is 3.58. The minimum atomic E-state index is -0.00407. The first-order chi connectivity index (χ1) is 17.5. The van der Waals surface area contributed by atoms with E-state index in [0.717, 1.165) is 48.3 Å². The van der Waals surface area contributed by atoms with Gasteiger partial charge in [-0.2, -0.15) is 5.10 Å². The van der Waals surface area contributed by atoms with Crippen LogP contribution in [0.2, 0.25) is 0 Å². The lowest BCUT2D eigenvalue weighted by atomic mass is 9.54. The number of nitrogens with zero attached hydrogens (tertiary/aromatic N) is 5. The van der Waals surface area contributed by atoms with Crippen LogP contribution < -0.4 is 0 Å². The Kier molecular flexibility index (Phi) is 5.77. The van der Waals surface area contributed by atoms with Gasteiger partial charge in [0.05, 0.1) is 12.8 Å². The Morgan fingerprint density at radius 3 is 2.42 bits per heavy atom. The first kappa shape index (κ1) is 23.0. The van der Waals surface area contributed by atoms with Gasteiger partial charge in [0.2, 0.25) is 0 Å². The van der Waals surface area contributed by atoms with Crippen molar-refractivity contribution in [1.29, 1.82) is 0 Å². The number of carbonyl (C=O) groups is 1. The summed E-state index contributed by atoms with van der Waals surface area (Å²) in [5.41, 5.74) is 3.06. The average Bonchev–Trinajstić information content (AvgIpc) is 3.51. The number of piperazine rings is 1. The summed E-state index contributed by atoms with van der Waals surface area (Å²) in [5.74, 6) is 4.85. The molecule has 6 aliphatic rings. The van der Waals surface area contributed by atoms with Crippen LogP contribution in [0.15, 0.2) is 22.8 Å². The first-order valence-corrected chi connectivity index (χ1v) is 14.3. The molecule has 1 atom stereocenters. The summed E-state index contributed by atoms with van der Waals surface area (Å²) in [7, 11) is 3.84. The molecule has 7 heteroatoms. The molecule has 194 valence electrons. The van der Waals surface area contributed by atoms with Gasteiger partial charge in [-0.25, -0.2) is 0 Å². The molecule has 4 bridgehead atoms. The van der Waals surface area contributed by atoms with E-state index in [1.54, 1.807) is 11.2 Å². The molecule has 36 heavy (non-hydrogen) atoms. The average molecular weight is 492 g/mol. The minimum absolute atomic E-state index is 0.00407. The van der Waals surface area contributed by atoms with Crippen LogP contribution >= 0.6 is 0 Å². The van der Waals surface area contributed by atoms with Crippen LogP contribution in [0.5, 0.6) is 0 Å². The van der Waals surface area contributed by atoms with E-state index in [1.807, 2.05) is 30.9 Å². The van der Waals surface area contributed by atoms with E-state index in [2.05, 4.69) is 9.80 Å². The van der Waals surface area contributed by atoms with Crippen LogP contribution in [0.25, 0.3) is 0 Å². The fourth-order valence-corrected chi connectivity index (χ4v) is 9.04. The van der Waals surface area contributed by atoms with Crippen molar-refractivity contribution < 1.29 is 9.21 Å². The minimum Gasteiger partial charge on any atom is -0.467 e. The second-order valence-electron chi connectivity index (χ2n) is 12.5. The molecule has 0 radical (unpaired) electrons. The SMILES string of the molecule is CN(Cc1ccco1)C(=O)c1nn(C)c2c1C[C@H](N1CCN(C3C4CC5CC(C4)CC3C5)CC1)CC2. The Labute approximate surface area is 214 Å². The highest BCUT2D eigenvalue weighted by molar-refractivity contribution is 5.94. The third-order valence-corrected chi connectivity index (χ3v) is 10.4. The van der Waals surface area contributed by atoms with Crippen molar-refractivity contribution in [3.05, 3.63) is 41.1 Å². The number of carbonyl (C=O) groups excluding carboxylic acids is 1. The lowest BCUT2D eigenvalue weighted by Gasteiger charge is -2.58. The number of aromatic nitrogens is 2. The monoisotopic (exact) mass is 491 g/mol. The molecule has 0 aromatic carbocycles. The van der Waals surface area contributed by atoms with Crippen LogP contribution in [0.3, 0.4) is 0 Å². The molecule has 0 unspecified atom stereocenters. The molecule has 0 spiro atoms. The Morgan fingerprint density at radius 2 is 1.75 bits per heavy atom. The maximum atomic E-state index is 13.4.